The zero-order valence-electron chi connectivity index (χ0n) is 14.8. The summed E-state index contributed by atoms with van der Waals surface area (Å²) in [6.07, 6.45) is 1.78. The van der Waals surface area contributed by atoms with Gasteiger partial charge in [-0.05, 0) is 48.7 Å². The third-order valence-electron chi connectivity index (χ3n) is 4.31. The third kappa shape index (κ3) is 4.21. The molecule has 1 heterocycles. The van der Waals surface area contributed by atoms with Crippen molar-refractivity contribution in [3.05, 3.63) is 59.7 Å². The number of aryl methyl sites for hydroxylation is 1. The quantitative estimate of drug-likeness (QED) is 0.812. The van der Waals surface area contributed by atoms with Crippen molar-refractivity contribution in [3.63, 3.8) is 0 Å². The fourth-order valence-electron chi connectivity index (χ4n) is 3.06. The third-order valence-corrected chi connectivity index (χ3v) is 4.31. The molecule has 6 nitrogen and oxygen atoms in total. The molecule has 3 rings (SSSR count). The van der Waals surface area contributed by atoms with E-state index in [0.29, 0.717) is 30.9 Å². The minimum atomic E-state index is -0.268. The SMILES string of the molecule is COCCNC(=O)Nc1ccc2c(c1)CCCN2C(=O)c1ccccc1. The fraction of sp³-hybridized carbons (Fsp3) is 0.300. The molecule has 0 fully saturated rings. The van der Waals surface area contributed by atoms with Crippen molar-refractivity contribution >= 4 is 23.3 Å². The van der Waals surface area contributed by atoms with Gasteiger partial charge in [-0.2, -0.15) is 0 Å². The molecule has 1 aliphatic rings. The Morgan fingerprint density at radius 1 is 1.15 bits per heavy atom. The van der Waals surface area contributed by atoms with Crippen LogP contribution < -0.4 is 15.5 Å². The number of hydrogen-bond donors (Lipinski definition) is 2. The molecular weight excluding hydrogens is 330 g/mol. The highest BCUT2D eigenvalue weighted by Gasteiger charge is 2.23. The number of urea groups is 1. The summed E-state index contributed by atoms with van der Waals surface area (Å²) >= 11 is 0. The number of hydrogen-bond acceptors (Lipinski definition) is 3. The van der Waals surface area contributed by atoms with Crippen LogP contribution in [-0.2, 0) is 11.2 Å². The summed E-state index contributed by atoms with van der Waals surface area (Å²) in [5.74, 6) is 0.00423. The normalized spacial score (nSPS) is 13.0. The second-order valence-corrected chi connectivity index (χ2v) is 6.14. The number of nitrogens with zero attached hydrogens (tertiary/aromatic N) is 1. The summed E-state index contributed by atoms with van der Waals surface area (Å²) in [5.41, 5.74) is 3.37. The van der Waals surface area contributed by atoms with Crippen LogP contribution in [0.2, 0.25) is 0 Å². The summed E-state index contributed by atoms with van der Waals surface area (Å²) in [7, 11) is 1.59. The average Bonchev–Trinajstić information content (AvgIpc) is 2.67. The van der Waals surface area contributed by atoms with Gasteiger partial charge in [0.1, 0.15) is 0 Å². The lowest BCUT2D eigenvalue weighted by Crippen LogP contribution is -2.35. The molecule has 136 valence electrons. The maximum atomic E-state index is 12.8. The molecule has 0 radical (unpaired) electrons. The Balaban J connectivity index is 1.73. The van der Waals surface area contributed by atoms with Crippen LogP contribution in [0, 0.1) is 0 Å². The predicted molar refractivity (Wildman–Crippen MR) is 102 cm³/mol. The van der Waals surface area contributed by atoms with Crippen LogP contribution in [0.3, 0.4) is 0 Å². The lowest BCUT2D eigenvalue weighted by atomic mass is 10.00. The maximum absolute atomic E-state index is 12.8. The van der Waals surface area contributed by atoms with E-state index in [2.05, 4.69) is 10.6 Å². The van der Waals surface area contributed by atoms with Crippen LogP contribution in [0.4, 0.5) is 16.2 Å². The van der Waals surface area contributed by atoms with E-state index in [1.54, 1.807) is 7.11 Å². The number of ether oxygens (including phenoxy) is 1. The van der Waals surface area contributed by atoms with Gasteiger partial charge in [0.15, 0.2) is 0 Å². The first kappa shape index (κ1) is 17.9. The number of carbonyl (C=O) groups excluding carboxylic acids is 2. The first-order valence-corrected chi connectivity index (χ1v) is 8.72. The van der Waals surface area contributed by atoms with Crippen LogP contribution in [0.25, 0.3) is 0 Å². The molecule has 0 atom stereocenters. The molecule has 3 amide bonds. The van der Waals surface area contributed by atoms with Crippen LogP contribution >= 0.6 is 0 Å². The van der Waals surface area contributed by atoms with E-state index in [1.165, 1.54) is 0 Å². The van der Waals surface area contributed by atoms with Crippen molar-refractivity contribution in [2.45, 2.75) is 12.8 Å². The number of benzene rings is 2. The summed E-state index contributed by atoms with van der Waals surface area (Å²) in [6, 6.07) is 14.7. The van der Waals surface area contributed by atoms with Crippen molar-refractivity contribution in [3.8, 4) is 0 Å². The fourth-order valence-corrected chi connectivity index (χ4v) is 3.06. The van der Waals surface area contributed by atoms with Crippen molar-refractivity contribution in [2.75, 3.05) is 37.0 Å². The number of amides is 3. The highest BCUT2D eigenvalue weighted by atomic mass is 16.5. The van der Waals surface area contributed by atoms with Crippen molar-refractivity contribution in [1.29, 1.82) is 0 Å². The van der Waals surface area contributed by atoms with Gasteiger partial charge in [0.2, 0.25) is 0 Å². The highest BCUT2D eigenvalue weighted by molar-refractivity contribution is 6.07. The van der Waals surface area contributed by atoms with E-state index >= 15 is 0 Å². The molecule has 0 aromatic heterocycles. The molecule has 2 aromatic rings. The largest absolute Gasteiger partial charge is 0.383 e. The van der Waals surface area contributed by atoms with E-state index in [4.69, 9.17) is 4.74 Å². The molecule has 26 heavy (non-hydrogen) atoms. The zero-order valence-corrected chi connectivity index (χ0v) is 14.8. The number of anilines is 2. The van der Waals surface area contributed by atoms with E-state index < -0.39 is 0 Å². The predicted octanol–water partition coefficient (Wildman–Crippen LogP) is 3.05. The topological polar surface area (TPSA) is 70.7 Å². The molecule has 0 unspecified atom stereocenters. The average molecular weight is 353 g/mol. The van der Waals surface area contributed by atoms with E-state index in [-0.39, 0.29) is 11.9 Å². The molecule has 1 aliphatic heterocycles. The number of methoxy groups -OCH3 is 1. The number of fused-ring (bicyclic) bond motifs is 1. The molecule has 6 heteroatoms. The molecule has 0 aliphatic carbocycles. The molecule has 0 saturated heterocycles. The van der Waals surface area contributed by atoms with E-state index in [9.17, 15) is 9.59 Å². The van der Waals surface area contributed by atoms with Crippen LogP contribution in [-0.4, -0.2) is 38.7 Å². The van der Waals surface area contributed by atoms with Crippen molar-refractivity contribution < 1.29 is 14.3 Å². The number of rotatable bonds is 5. The van der Waals surface area contributed by atoms with Gasteiger partial charge < -0.3 is 20.3 Å². The van der Waals surface area contributed by atoms with Crippen LogP contribution in [0.1, 0.15) is 22.3 Å². The molecule has 0 spiro atoms. The Hall–Kier alpha value is -2.86. The lowest BCUT2D eigenvalue weighted by molar-refractivity contribution is 0.0985. The smallest absolute Gasteiger partial charge is 0.319 e. The van der Waals surface area contributed by atoms with Gasteiger partial charge in [0, 0.05) is 37.1 Å². The van der Waals surface area contributed by atoms with Crippen molar-refractivity contribution in [2.24, 2.45) is 0 Å². The minimum Gasteiger partial charge on any atom is -0.383 e. The monoisotopic (exact) mass is 353 g/mol. The van der Waals surface area contributed by atoms with Gasteiger partial charge in [0.25, 0.3) is 5.91 Å². The van der Waals surface area contributed by atoms with Gasteiger partial charge in [0.05, 0.1) is 6.61 Å². The molecule has 0 saturated carbocycles. The Morgan fingerprint density at radius 2 is 1.96 bits per heavy atom. The van der Waals surface area contributed by atoms with E-state index in [0.717, 1.165) is 24.1 Å². The Kier molecular flexibility index (Phi) is 5.86. The lowest BCUT2D eigenvalue weighted by Gasteiger charge is -2.30. The first-order valence-electron chi connectivity index (χ1n) is 8.72. The maximum Gasteiger partial charge on any atom is 0.319 e. The van der Waals surface area contributed by atoms with Gasteiger partial charge in [-0.15, -0.1) is 0 Å². The summed E-state index contributed by atoms with van der Waals surface area (Å²) in [4.78, 5) is 26.5. The van der Waals surface area contributed by atoms with Crippen LogP contribution in [0.15, 0.2) is 48.5 Å². The Bertz CT molecular complexity index is 777. The van der Waals surface area contributed by atoms with Gasteiger partial charge in [-0.3, -0.25) is 4.79 Å². The summed E-state index contributed by atoms with van der Waals surface area (Å²) in [6.45, 7) is 1.62. The second kappa shape index (κ2) is 8.49. The Morgan fingerprint density at radius 3 is 2.73 bits per heavy atom. The standard InChI is InChI=1S/C20H23N3O3/c1-26-13-11-21-20(25)22-17-9-10-18-16(14-17)8-5-12-23(18)19(24)15-6-3-2-4-7-15/h2-4,6-7,9-10,14H,5,8,11-13H2,1H3,(H2,21,22,25). The zero-order chi connectivity index (χ0) is 18.4. The first-order chi connectivity index (χ1) is 12.7. The van der Waals surface area contributed by atoms with Gasteiger partial charge in [-0.25, -0.2) is 4.79 Å². The van der Waals surface area contributed by atoms with E-state index in [1.807, 2.05) is 53.4 Å². The number of nitrogens with one attached hydrogen (secondary N) is 2. The second-order valence-electron chi connectivity index (χ2n) is 6.14. The molecule has 2 aromatic carbocycles. The summed E-state index contributed by atoms with van der Waals surface area (Å²) < 4.78 is 4.91. The van der Waals surface area contributed by atoms with Crippen molar-refractivity contribution in [1.82, 2.24) is 5.32 Å². The molecule has 0 bridgehead atoms. The highest BCUT2D eigenvalue weighted by Crippen LogP contribution is 2.30. The van der Waals surface area contributed by atoms with Crippen LogP contribution in [0.5, 0.6) is 0 Å². The Labute approximate surface area is 153 Å². The van der Waals surface area contributed by atoms with Gasteiger partial charge >= 0.3 is 6.03 Å². The molecule has 2 N–H and O–H groups in total. The number of carbonyl (C=O) groups is 2. The summed E-state index contributed by atoms with van der Waals surface area (Å²) in [5, 5.41) is 5.54. The molecular formula is C20H23N3O3. The van der Waals surface area contributed by atoms with Gasteiger partial charge in [-0.1, -0.05) is 18.2 Å². The minimum absolute atomic E-state index is 0.00423.